The van der Waals surface area contributed by atoms with Crippen LogP contribution in [0.3, 0.4) is 0 Å². The number of aromatic nitrogens is 1. The van der Waals surface area contributed by atoms with Crippen molar-refractivity contribution in [3.63, 3.8) is 0 Å². The molecule has 0 atom stereocenters. The summed E-state index contributed by atoms with van der Waals surface area (Å²) in [6.07, 6.45) is 0. The lowest BCUT2D eigenvalue weighted by Crippen LogP contribution is -2.11. The molecule has 1 aromatic rings. The van der Waals surface area contributed by atoms with Crippen LogP contribution in [0.1, 0.15) is 26.7 Å². The van der Waals surface area contributed by atoms with Crippen molar-refractivity contribution in [1.29, 1.82) is 0 Å². The molecule has 0 unspecified atom stereocenters. The quantitative estimate of drug-likeness (QED) is 0.609. The van der Waals surface area contributed by atoms with Crippen LogP contribution in [-0.2, 0) is 5.41 Å². The first-order chi connectivity index (χ1) is 4.91. The maximum absolute atomic E-state index is 12.5. The highest BCUT2D eigenvalue weighted by Crippen LogP contribution is 2.25. The third-order valence-electron chi connectivity index (χ3n) is 1.19. The lowest BCUT2D eigenvalue weighted by atomic mass is 9.97. The average molecular weight is 178 g/mol. The van der Waals surface area contributed by atoms with Gasteiger partial charge in [0.1, 0.15) is 0 Å². The van der Waals surface area contributed by atoms with Crippen molar-refractivity contribution in [3.8, 4) is 0 Å². The predicted octanol–water partition coefficient (Wildman–Crippen LogP) is 2.76. The van der Waals surface area contributed by atoms with Crippen LogP contribution in [-0.4, -0.2) is 4.98 Å². The van der Waals surface area contributed by atoms with Crippen LogP contribution in [0.25, 0.3) is 0 Å². The van der Waals surface area contributed by atoms with E-state index >= 15 is 0 Å². The van der Waals surface area contributed by atoms with Gasteiger partial charge in [-0.1, -0.05) is 20.8 Å². The normalized spacial score (nSPS) is 12.1. The molecule has 0 N–H and O–H groups in total. The van der Waals surface area contributed by atoms with Gasteiger partial charge in [-0.15, -0.1) is 0 Å². The van der Waals surface area contributed by atoms with Gasteiger partial charge in [0.2, 0.25) is 5.89 Å². The average Bonchev–Trinajstić information content (AvgIpc) is 2.11. The zero-order chi connectivity index (χ0) is 8.65. The number of oxazole rings is 1. The first-order valence-corrected chi connectivity index (χ1v) is 3.61. The van der Waals surface area contributed by atoms with Crippen molar-refractivity contribution in [2.45, 2.75) is 26.2 Å². The standard InChI is InChI=1S/C7H9ClFNO/c1-7(2,3)6-10-5(9)4(8)11-6/h1-3H3. The zero-order valence-electron chi connectivity index (χ0n) is 6.61. The van der Waals surface area contributed by atoms with Crippen molar-refractivity contribution in [2.75, 3.05) is 0 Å². The van der Waals surface area contributed by atoms with Crippen molar-refractivity contribution in [1.82, 2.24) is 4.98 Å². The number of hydrogen-bond acceptors (Lipinski definition) is 2. The van der Waals surface area contributed by atoms with Gasteiger partial charge in [-0.25, -0.2) is 0 Å². The van der Waals surface area contributed by atoms with E-state index < -0.39 is 5.95 Å². The molecule has 62 valence electrons. The van der Waals surface area contributed by atoms with E-state index in [1.807, 2.05) is 20.8 Å². The molecule has 0 aliphatic carbocycles. The molecule has 2 nitrogen and oxygen atoms in total. The van der Waals surface area contributed by atoms with E-state index in [0.29, 0.717) is 5.89 Å². The second-order valence-electron chi connectivity index (χ2n) is 3.33. The van der Waals surface area contributed by atoms with Crippen LogP contribution < -0.4 is 0 Å². The molecule has 0 amide bonds. The van der Waals surface area contributed by atoms with Gasteiger partial charge in [0.25, 0.3) is 11.2 Å². The van der Waals surface area contributed by atoms with E-state index in [1.54, 1.807) is 0 Å². The molecule has 4 heteroatoms. The smallest absolute Gasteiger partial charge is 0.271 e. The monoisotopic (exact) mass is 177 g/mol. The fraction of sp³-hybridized carbons (Fsp3) is 0.571. The molecule has 1 rings (SSSR count). The highest BCUT2D eigenvalue weighted by Gasteiger charge is 2.22. The molecule has 0 fully saturated rings. The summed E-state index contributed by atoms with van der Waals surface area (Å²) < 4.78 is 17.4. The molecule has 0 saturated heterocycles. The van der Waals surface area contributed by atoms with Gasteiger partial charge in [-0.05, 0) is 11.6 Å². The fourth-order valence-corrected chi connectivity index (χ4v) is 0.719. The highest BCUT2D eigenvalue weighted by atomic mass is 35.5. The Morgan fingerprint density at radius 1 is 1.45 bits per heavy atom. The van der Waals surface area contributed by atoms with Crippen LogP contribution in [0, 0.1) is 5.95 Å². The molecule has 0 radical (unpaired) electrons. The third-order valence-corrected chi connectivity index (χ3v) is 1.42. The van der Waals surface area contributed by atoms with Crippen molar-refractivity contribution in [2.24, 2.45) is 0 Å². The summed E-state index contributed by atoms with van der Waals surface area (Å²) in [5, 5.41) is -0.269. The number of rotatable bonds is 0. The summed E-state index contributed by atoms with van der Waals surface area (Å²) >= 11 is 5.33. The second kappa shape index (κ2) is 2.48. The number of halogens is 2. The molecule has 0 saturated carbocycles. The Morgan fingerprint density at radius 2 is 2.00 bits per heavy atom. The van der Waals surface area contributed by atoms with Crippen molar-refractivity contribution >= 4 is 11.6 Å². The molecule has 1 aromatic heterocycles. The maximum atomic E-state index is 12.5. The van der Waals surface area contributed by atoms with Crippen LogP contribution >= 0.6 is 11.6 Å². The molecule has 0 aromatic carbocycles. The minimum Gasteiger partial charge on any atom is -0.425 e. The minimum atomic E-state index is -0.739. The van der Waals surface area contributed by atoms with E-state index in [0.717, 1.165) is 0 Å². The molecular weight excluding hydrogens is 169 g/mol. The first kappa shape index (κ1) is 8.53. The number of nitrogens with zero attached hydrogens (tertiary/aromatic N) is 1. The van der Waals surface area contributed by atoms with Gasteiger partial charge in [-0.3, -0.25) is 0 Å². The largest absolute Gasteiger partial charge is 0.425 e. The topological polar surface area (TPSA) is 26.0 Å². The summed E-state index contributed by atoms with van der Waals surface area (Å²) in [6, 6.07) is 0. The Kier molecular flexibility index (Phi) is 1.92. The number of hydrogen-bond donors (Lipinski definition) is 0. The third kappa shape index (κ3) is 1.71. The SMILES string of the molecule is CC(C)(C)c1nc(F)c(Cl)o1. The summed E-state index contributed by atoms with van der Waals surface area (Å²) in [5.74, 6) is -0.420. The summed E-state index contributed by atoms with van der Waals surface area (Å²) in [7, 11) is 0. The van der Waals surface area contributed by atoms with Crippen LogP contribution in [0.15, 0.2) is 4.42 Å². The van der Waals surface area contributed by atoms with Crippen LogP contribution in [0.2, 0.25) is 5.22 Å². The lowest BCUT2D eigenvalue weighted by molar-refractivity contribution is 0.393. The van der Waals surface area contributed by atoms with E-state index in [9.17, 15) is 4.39 Å². The zero-order valence-corrected chi connectivity index (χ0v) is 7.37. The van der Waals surface area contributed by atoms with Crippen LogP contribution in [0.5, 0.6) is 0 Å². The Hall–Kier alpha value is -0.570. The summed E-state index contributed by atoms with van der Waals surface area (Å²) in [5.41, 5.74) is -0.298. The Balaban J connectivity index is 3.08. The molecule has 1 heterocycles. The summed E-state index contributed by atoms with van der Waals surface area (Å²) in [4.78, 5) is 3.52. The fourth-order valence-electron chi connectivity index (χ4n) is 0.604. The van der Waals surface area contributed by atoms with Crippen molar-refractivity contribution < 1.29 is 8.81 Å². The first-order valence-electron chi connectivity index (χ1n) is 3.23. The van der Waals surface area contributed by atoms with Gasteiger partial charge in [0.05, 0.1) is 0 Å². The Bertz CT molecular complexity index is 244. The highest BCUT2D eigenvalue weighted by molar-refractivity contribution is 6.28. The van der Waals surface area contributed by atoms with E-state index in [1.165, 1.54) is 0 Å². The van der Waals surface area contributed by atoms with Gasteiger partial charge < -0.3 is 4.42 Å². The van der Waals surface area contributed by atoms with Gasteiger partial charge in [0.15, 0.2) is 0 Å². The molecule has 0 bridgehead atoms. The van der Waals surface area contributed by atoms with E-state index in [4.69, 9.17) is 16.0 Å². The molecular formula is C7H9ClFNO. The molecule has 11 heavy (non-hydrogen) atoms. The summed E-state index contributed by atoms with van der Waals surface area (Å²) in [6.45, 7) is 5.61. The van der Waals surface area contributed by atoms with E-state index in [-0.39, 0.29) is 10.6 Å². The van der Waals surface area contributed by atoms with Gasteiger partial charge in [0, 0.05) is 5.41 Å². The Labute approximate surface area is 69.4 Å². The second-order valence-corrected chi connectivity index (χ2v) is 3.68. The van der Waals surface area contributed by atoms with E-state index in [2.05, 4.69) is 4.98 Å². The van der Waals surface area contributed by atoms with Gasteiger partial charge in [-0.2, -0.15) is 9.37 Å². The van der Waals surface area contributed by atoms with Crippen molar-refractivity contribution in [3.05, 3.63) is 17.1 Å². The molecule has 0 aliphatic rings. The lowest BCUT2D eigenvalue weighted by Gasteiger charge is -2.11. The molecule has 0 spiro atoms. The van der Waals surface area contributed by atoms with Gasteiger partial charge >= 0.3 is 0 Å². The molecule has 0 aliphatic heterocycles. The maximum Gasteiger partial charge on any atom is 0.271 e. The Morgan fingerprint density at radius 3 is 2.18 bits per heavy atom. The predicted molar refractivity (Wildman–Crippen MR) is 40.2 cm³/mol. The van der Waals surface area contributed by atoms with Crippen LogP contribution in [0.4, 0.5) is 4.39 Å². The minimum absolute atomic E-state index is 0.269.